The molecule has 102 valence electrons. The Morgan fingerprint density at radius 2 is 2.11 bits per heavy atom. The molecule has 0 bridgehead atoms. The number of carboxylic acids is 1. The largest absolute Gasteiger partial charge is 0.478 e. The molecule has 0 saturated heterocycles. The fourth-order valence-electron chi connectivity index (χ4n) is 1.20. The molecule has 1 rings (SSSR count). The van der Waals surface area contributed by atoms with E-state index >= 15 is 0 Å². The van der Waals surface area contributed by atoms with Crippen molar-refractivity contribution in [2.24, 2.45) is 0 Å². The first-order chi connectivity index (χ1) is 8.99. The summed E-state index contributed by atoms with van der Waals surface area (Å²) in [5.41, 5.74) is -0.136. The molecule has 0 unspecified atom stereocenters. The molecular weight excluding hydrogens is 292 g/mol. The number of halogens is 1. The van der Waals surface area contributed by atoms with Gasteiger partial charge in [-0.3, -0.25) is 0 Å². The Morgan fingerprint density at radius 3 is 2.63 bits per heavy atom. The molecule has 0 saturated carbocycles. The van der Waals surface area contributed by atoms with E-state index in [-0.39, 0.29) is 22.1 Å². The van der Waals surface area contributed by atoms with Crippen molar-refractivity contribution in [3.8, 4) is 5.75 Å². The van der Waals surface area contributed by atoms with Crippen LogP contribution < -0.4 is 4.74 Å². The second-order valence-corrected chi connectivity index (χ2v) is 4.40. The molecule has 0 amide bonds. The number of hydrogen-bond acceptors (Lipinski definition) is 5. The van der Waals surface area contributed by atoms with Gasteiger partial charge in [-0.15, -0.1) is 11.8 Å². The Hall–Kier alpha value is -1.66. The minimum atomic E-state index is -1.20. The van der Waals surface area contributed by atoms with Gasteiger partial charge in [0, 0.05) is 10.4 Å². The molecule has 0 aliphatic heterocycles. The summed E-state index contributed by atoms with van der Waals surface area (Å²) in [7, 11) is 1.21. The van der Waals surface area contributed by atoms with Crippen LogP contribution in [0.25, 0.3) is 0 Å². The van der Waals surface area contributed by atoms with Gasteiger partial charge in [-0.1, -0.05) is 11.6 Å². The Morgan fingerprint density at radius 1 is 1.42 bits per heavy atom. The van der Waals surface area contributed by atoms with Crippen molar-refractivity contribution < 1.29 is 24.2 Å². The quantitative estimate of drug-likeness (QED) is 0.512. The van der Waals surface area contributed by atoms with Crippen LogP contribution >= 0.6 is 23.4 Å². The van der Waals surface area contributed by atoms with Crippen LogP contribution in [0.4, 0.5) is 0 Å². The maximum atomic E-state index is 11.5. The molecule has 0 fully saturated rings. The standard InChI is InChI=1S/C12H11ClO5S/c1-17-12(16)10(6-19-2)18-9-4-3-7(13)5-8(9)11(14)15/h3-6H,1-2H3,(H,14,15). The highest BCUT2D eigenvalue weighted by molar-refractivity contribution is 8.01. The molecule has 0 spiro atoms. The van der Waals surface area contributed by atoms with Gasteiger partial charge in [0.2, 0.25) is 5.76 Å². The molecular formula is C12H11ClO5S. The highest BCUT2D eigenvalue weighted by Crippen LogP contribution is 2.25. The van der Waals surface area contributed by atoms with E-state index in [1.54, 1.807) is 6.26 Å². The second kappa shape index (κ2) is 7.06. The molecule has 1 N–H and O–H groups in total. The summed E-state index contributed by atoms with van der Waals surface area (Å²) < 4.78 is 9.82. The molecule has 1 aromatic rings. The summed E-state index contributed by atoms with van der Waals surface area (Å²) in [4.78, 5) is 22.5. The number of esters is 1. The topological polar surface area (TPSA) is 72.8 Å². The zero-order valence-corrected chi connectivity index (χ0v) is 11.7. The van der Waals surface area contributed by atoms with E-state index in [4.69, 9.17) is 21.4 Å². The van der Waals surface area contributed by atoms with E-state index in [2.05, 4.69) is 4.74 Å². The van der Waals surface area contributed by atoms with E-state index in [1.807, 2.05) is 0 Å². The highest BCUT2D eigenvalue weighted by atomic mass is 35.5. The third kappa shape index (κ3) is 4.18. The zero-order chi connectivity index (χ0) is 14.4. The van der Waals surface area contributed by atoms with E-state index in [0.29, 0.717) is 0 Å². The lowest BCUT2D eigenvalue weighted by Gasteiger charge is -2.10. The van der Waals surface area contributed by atoms with Crippen LogP contribution in [-0.2, 0) is 9.53 Å². The average Bonchev–Trinajstić information content (AvgIpc) is 2.38. The first kappa shape index (κ1) is 15.4. The molecule has 7 heteroatoms. The number of carboxylic acid groups (broad SMARTS) is 1. The average molecular weight is 303 g/mol. The van der Waals surface area contributed by atoms with Crippen molar-refractivity contribution in [2.45, 2.75) is 0 Å². The summed E-state index contributed by atoms with van der Waals surface area (Å²) >= 11 is 6.95. The number of hydrogen-bond donors (Lipinski definition) is 1. The summed E-state index contributed by atoms with van der Waals surface area (Å²) in [6.07, 6.45) is 1.73. The maximum absolute atomic E-state index is 11.5. The van der Waals surface area contributed by atoms with Crippen molar-refractivity contribution in [2.75, 3.05) is 13.4 Å². The number of rotatable bonds is 5. The lowest BCUT2D eigenvalue weighted by molar-refractivity contribution is -0.138. The Labute approximate surface area is 119 Å². The van der Waals surface area contributed by atoms with Crippen LogP contribution in [0.2, 0.25) is 5.02 Å². The smallest absolute Gasteiger partial charge is 0.374 e. The first-order valence-electron chi connectivity index (χ1n) is 5.01. The fraction of sp³-hybridized carbons (Fsp3) is 0.167. The molecule has 0 radical (unpaired) electrons. The molecule has 0 atom stereocenters. The van der Waals surface area contributed by atoms with Crippen molar-refractivity contribution in [1.82, 2.24) is 0 Å². The van der Waals surface area contributed by atoms with Crippen LogP contribution in [0.5, 0.6) is 5.75 Å². The van der Waals surface area contributed by atoms with Crippen LogP contribution in [0.1, 0.15) is 10.4 Å². The summed E-state index contributed by atoms with van der Waals surface area (Å²) in [5, 5.41) is 10.7. The number of thioether (sulfide) groups is 1. The predicted octanol–water partition coefficient (Wildman–Crippen LogP) is 2.79. The van der Waals surface area contributed by atoms with Crippen molar-refractivity contribution >= 4 is 35.3 Å². The van der Waals surface area contributed by atoms with Crippen molar-refractivity contribution in [3.63, 3.8) is 0 Å². The van der Waals surface area contributed by atoms with Crippen LogP contribution in [0.15, 0.2) is 29.4 Å². The van der Waals surface area contributed by atoms with Crippen molar-refractivity contribution in [3.05, 3.63) is 40.0 Å². The van der Waals surface area contributed by atoms with Gasteiger partial charge in [0.05, 0.1) is 7.11 Å². The lowest BCUT2D eigenvalue weighted by atomic mass is 10.2. The fourth-order valence-corrected chi connectivity index (χ4v) is 1.73. The molecule has 0 aromatic heterocycles. The van der Waals surface area contributed by atoms with Crippen LogP contribution in [0, 0.1) is 0 Å². The van der Waals surface area contributed by atoms with Gasteiger partial charge in [0.1, 0.15) is 11.3 Å². The van der Waals surface area contributed by atoms with Crippen molar-refractivity contribution in [1.29, 1.82) is 0 Å². The van der Waals surface area contributed by atoms with Crippen LogP contribution in [0.3, 0.4) is 0 Å². The summed E-state index contributed by atoms with van der Waals surface area (Å²) in [5.74, 6) is -1.98. The zero-order valence-electron chi connectivity index (χ0n) is 10.2. The Kier molecular flexibility index (Phi) is 5.72. The number of carbonyl (C=O) groups excluding carboxylic acids is 1. The minimum absolute atomic E-state index is 0.0163. The molecule has 0 aliphatic carbocycles. The van der Waals surface area contributed by atoms with E-state index in [9.17, 15) is 9.59 Å². The third-order valence-electron chi connectivity index (χ3n) is 2.00. The molecule has 5 nitrogen and oxygen atoms in total. The summed E-state index contributed by atoms with van der Waals surface area (Å²) in [6, 6.07) is 4.09. The third-order valence-corrected chi connectivity index (χ3v) is 2.69. The van der Waals surface area contributed by atoms with Gasteiger partial charge in [-0.25, -0.2) is 9.59 Å². The van der Waals surface area contributed by atoms with Gasteiger partial charge in [0.25, 0.3) is 0 Å². The first-order valence-corrected chi connectivity index (χ1v) is 6.68. The van der Waals surface area contributed by atoms with Gasteiger partial charge in [-0.05, 0) is 24.5 Å². The monoisotopic (exact) mass is 302 g/mol. The molecule has 19 heavy (non-hydrogen) atoms. The van der Waals surface area contributed by atoms with Crippen LogP contribution in [-0.4, -0.2) is 30.4 Å². The minimum Gasteiger partial charge on any atom is -0.478 e. The number of carbonyl (C=O) groups is 2. The molecule has 0 aliphatic rings. The Balaban J connectivity index is 3.13. The second-order valence-electron chi connectivity index (χ2n) is 3.26. The lowest BCUT2D eigenvalue weighted by Crippen LogP contribution is -2.12. The summed E-state index contributed by atoms with van der Waals surface area (Å²) in [6.45, 7) is 0. The SMILES string of the molecule is COC(=O)C(=CSC)Oc1ccc(Cl)cc1C(=O)O. The van der Waals surface area contributed by atoms with Gasteiger partial charge in [0.15, 0.2) is 0 Å². The number of aromatic carboxylic acids is 1. The predicted molar refractivity (Wildman–Crippen MR) is 72.7 cm³/mol. The number of benzene rings is 1. The number of ether oxygens (including phenoxy) is 2. The van der Waals surface area contributed by atoms with Gasteiger partial charge >= 0.3 is 11.9 Å². The van der Waals surface area contributed by atoms with Gasteiger partial charge in [-0.2, -0.15) is 0 Å². The maximum Gasteiger partial charge on any atom is 0.374 e. The Bertz CT molecular complexity index is 527. The van der Waals surface area contributed by atoms with Gasteiger partial charge < -0.3 is 14.6 Å². The van der Waals surface area contributed by atoms with E-state index in [0.717, 1.165) is 0 Å². The van der Waals surface area contributed by atoms with E-state index < -0.39 is 11.9 Å². The molecule has 0 heterocycles. The normalized spacial score (nSPS) is 11.0. The number of methoxy groups -OCH3 is 1. The van der Waals surface area contributed by atoms with E-state index in [1.165, 1.54) is 42.5 Å². The molecule has 1 aromatic carbocycles. The highest BCUT2D eigenvalue weighted by Gasteiger charge is 2.17.